The Kier molecular flexibility index (Phi) is 5.26. The van der Waals surface area contributed by atoms with Crippen LogP contribution in [0, 0.1) is 17.3 Å². The van der Waals surface area contributed by atoms with Crippen LogP contribution in [0.15, 0.2) is 0 Å². The summed E-state index contributed by atoms with van der Waals surface area (Å²) in [6.45, 7) is 13.0. The van der Waals surface area contributed by atoms with Crippen molar-refractivity contribution < 1.29 is 5.11 Å². The van der Waals surface area contributed by atoms with E-state index in [1.54, 1.807) is 0 Å². The largest absolute Gasteiger partial charge is 0.396 e. The van der Waals surface area contributed by atoms with E-state index in [0.717, 1.165) is 31.2 Å². The van der Waals surface area contributed by atoms with Gasteiger partial charge in [0, 0.05) is 25.1 Å². The zero-order valence-electron chi connectivity index (χ0n) is 11.5. The number of hydrogen-bond acceptors (Lipinski definition) is 2. The lowest BCUT2D eigenvalue weighted by Crippen LogP contribution is -2.45. The smallest absolute Gasteiger partial charge is 0.0499 e. The van der Waals surface area contributed by atoms with Crippen molar-refractivity contribution in [2.24, 2.45) is 17.3 Å². The molecule has 0 aromatic heterocycles. The quantitative estimate of drug-likeness (QED) is 0.780. The van der Waals surface area contributed by atoms with Gasteiger partial charge in [-0.1, -0.05) is 27.7 Å². The van der Waals surface area contributed by atoms with Crippen LogP contribution in [0.25, 0.3) is 0 Å². The predicted molar refractivity (Wildman–Crippen MR) is 69.5 cm³/mol. The van der Waals surface area contributed by atoms with Crippen LogP contribution >= 0.6 is 0 Å². The van der Waals surface area contributed by atoms with Crippen molar-refractivity contribution in [1.29, 1.82) is 0 Å². The Morgan fingerprint density at radius 3 is 2.25 bits per heavy atom. The molecule has 0 aromatic carbocycles. The first-order valence-electron chi connectivity index (χ1n) is 6.90. The molecule has 1 aliphatic rings. The number of rotatable bonds is 5. The molecule has 2 unspecified atom stereocenters. The van der Waals surface area contributed by atoms with Gasteiger partial charge in [0.15, 0.2) is 0 Å². The van der Waals surface area contributed by atoms with Crippen LogP contribution in [0.4, 0.5) is 0 Å². The van der Waals surface area contributed by atoms with Crippen molar-refractivity contribution >= 4 is 0 Å². The molecule has 0 amide bonds. The molecule has 1 rings (SSSR count). The maximum Gasteiger partial charge on any atom is 0.0499 e. The van der Waals surface area contributed by atoms with E-state index in [-0.39, 0.29) is 5.41 Å². The SMILES string of the molecule is CCC(CC)(CO)CN1CCC(C)C(C)C1. The van der Waals surface area contributed by atoms with E-state index in [1.165, 1.54) is 19.5 Å². The van der Waals surface area contributed by atoms with Crippen molar-refractivity contribution in [3.63, 3.8) is 0 Å². The Hall–Kier alpha value is -0.0800. The summed E-state index contributed by atoms with van der Waals surface area (Å²) in [5.41, 5.74) is 0.139. The van der Waals surface area contributed by atoms with Gasteiger partial charge in [-0.25, -0.2) is 0 Å². The summed E-state index contributed by atoms with van der Waals surface area (Å²) in [4.78, 5) is 2.56. The standard InChI is InChI=1S/C14H29NO/c1-5-14(6-2,11-16)10-15-8-7-12(3)13(4)9-15/h12-13,16H,5-11H2,1-4H3. The van der Waals surface area contributed by atoms with Crippen LogP contribution in [0.1, 0.15) is 47.0 Å². The average Bonchev–Trinajstić information content (AvgIpc) is 2.31. The number of aliphatic hydroxyl groups excluding tert-OH is 1. The zero-order valence-corrected chi connectivity index (χ0v) is 11.5. The van der Waals surface area contributed by atoms with Crippen molar-refractivity contribution in [2.45, 2.75) is 47.0 Å². The topological polar surface area (TPSA) is 23.5 Å². The van der Waals surface area contributed by atoms with E-state index in [4.69, 9.17) is 0 Å². The number of hydrogen-bond donors (Lipinski definition) is 1. The Labute approximate surface area is 101 Å². The fraction of sp³-hybridized carbons (Fsp3) is 1.00. The molecule has 16 heavy (non-hydrogen) atoms. The van der Waals surface area contributed by atoms with Crippen molar-refractivity contribution in [2.75, 3.05) is 26.2 Å². The molecule has 0 bridgehead atoms. The third kappa shape index (κ3) is 3.21. The molecule has 2 heteroatoms. The van der Waals surface area contributed by atoms with E-state index in [0.29, 0.717) is 6.61 Å². The summed E-state index contributed by atoms with van der Waals surface area (Å²) in [6.07, 6.45) is 3.48. The van der Waals surface area contributed by atoms with Crippen LogP contribution in [0.3, 0.4) is 0 Å². The van der Waals surface area contributed by atoms with Gasteiger partial charge in [0.05, 0.1) is 0 Å². The molecule has 0 spiro atoms. The van der Waals surface area contributed by atoms with Crippen molar-refractivity contribution in [3.05, 3.63) is 0 Å². The van der Waals surface area contributed by atoms with Gasteiger partial charge in [0.25, 0.3) is 0 Å². The number of aliphatic hydroxyl groups is 1. The summed E-state index contributed by atoms with van der Waals surface area (Å²) in [5, 5.41) is 9.60. The number of likely N-dealkylation sites (tertiary alicyclic amines) is 1. The van der Waals surface area contributed by atoms with Gasteiger partial charge < -0.3 is 10.0 Å². The Balaban J connectivity index is 2.53. The van der Waals surface area contributed by atoms with Gasteiger partial charge >= 0.3 is 0 Å². The normalized spacial score (nSPS) is 28.3. The van der Waals surface area contributed by atoms with Gasteiger partial charge in [-0.3, -0.25) is 0 Å². The van der Waals surface area contributed by atoms with Crippen LogP contribution in [-0.2, 0) is 0 Å². The number of piperidine rings is 1. The Bertz CT molecular complexity index is 193. The highest BCUT2D eigenvalue weighted by Crippen LogP contribution is 2.30. The second-order valence-corrected chi connectivity index (χ2v) is 5.84. The molecule has 1 aliphatic heterocycles. The van der Waals surface area contributed by atoms with Crippen LogP contribution in [0.5, 0.6) is 0 Å². The second-order valence-electron chi connectivity index (χ2n) is 5.84. The molecular formula is C14H29NO. The van der Waals surface area contributed by atoms with Crippen LogP contribution in [-0.4, -0.2) is 36.2 Å². The molecule has 0 aliphatic carbocycles. The Morgan fingerprint density at radius 1 is 1.19 bits per heavy atom. The maximum absolute atomic E-state index is 9.60. The molecule has 0 radical (unpaired) electrons. The summed E-state index contributed by atoms with van der Waals surface area (Å²) in [6, 6.07) is 0. The average molecular weight is 227 g/mol. The van der Waals surface area contributed by atoms with Crippen LogP contribution < -0.4 is 0 Å². The van der Waals surface area contributed by atoms with Crippen molar-refractivity contribution in [3.8, 4) is 0 Å². The van der Waals surface area contributed by atoms with Gasteiger partial charge in [0.1, 0.15) is 0 Å². The second kappa shape index (κ2) is 6.02. The summed E-state index contributed by atoms with van der Waals surface area (Å²) in [7, 11) is 0. The minimum Gasteiger partial charge on any atom is -0.396 e. The third-order valence-electron chi connectivity index (χ3n) is 4.81. The molecule has 1 N–H and O–H groups in total. The first-order chi connectivity index (χ1) is 7.56. The highest BCUT2D eigenvalue weighted by atomic mass is 16.3. The summed E-state index contributed by atoms with van der Waals surface area (Å²) in [5.74, 6) is 1.67. The fourth-order valence-corrected chi connectivity index (χ4v) is 2.71. The zero-order chi connectivity index (χ0) is 12.2. The number of nitrogens with zero attached hydrogens (tertiary/aromatic N) is 1. The van der Waals surface area contributed by atoms with Gasteiger partial charge in [-0.2, -0.15) is 0 Å². The summed E-state index contributed by atoms with van der Waals surface area (Å²) < 4.78 is 0. The molecule has 96 valence electrons. The fourth-order valence-electron chi connectivity index (χ4n) is 2.71. The van der Waals surface area contributed by atoms with Gasteiger partial charge in [-0.05, 0) is 37.6 Å². The van der Waals surface area contributed by atoms with E-state index in [2.05, 4.69) is 32.6 Å². The van der Waals surface area contributed by atoms with E-state index < -0.39 is 0 Å². The maximum atomic E-state index is 9.60. The lowest BCUT2D eigenvalue weighted by Gasteiger charge is -2.41. The lowest BCUT2D eigenvalue weighted by molar-refractivity contribution is 0.0377. The first-order valence-corrected chi connectivity index (χ1v) is 6.90. The van der Waals surface area contributed by atoms with Gasteiger partial charge in [0.2, 0.25) is 0 Å². The summed E-state index contributed by atoms with van der Waals surface area (Å²) >= 11 is 0. The first kappa shape index (κ1) is 14.0. The monoisotopic (exact) mass is 227 g/mol. The molecule has 0 aromatic rings. The van der Waals surface area contributed by atoms with Crippen molar-refractivity contribution in [1.82, 2.24) is 4.90 Å². The molecule has 0 saturated carbocycles. The predicted octanol–water partition coefficient (Wildman–Crippen LogP) is 2.76. The highest BCUT2D eigenvalue weighted by molar-refractivity contribution is 4.83. The van der Waals surface area contributed by atoms with E-state index in [9.17, 15) is 5.11 Å². The third-order valence-corrected chi connectivity index (χ3v) is 4.81. The minimum atomic E-state index is 0.139. The molecule has 1 heterocycles. The Morgan fingerprint density at radius 2 is 1.81 bits per heavy atom. The van der Waals surface area contributed by atoms with Crippen LogP contribution in [0.2, 0.25) is 0 Å². The molecular weight excluding hydrogens is 198 g/mol. The molecule has 2 atom stereocenters. The lowest BCUT2D eigenvalue weighted by atomic mass is 9.81. The highest BCUT2D eigenvalue weighted by Gasteiger charge is 2.31. The molecule has 1 fully saturated rings. The van der Waals surface area contributed by atoms with E-state index >= 15 is 0 Å². The minimum absolute atomic E-state index is 0.139. The van der Waals surface area contributed by atoms with Gasteiger partial charge in [-0.15, -0.1) is 0 Å². The van der Waals surface area contributed by atoms with E-state index in [1.807, 2.05) is 0 Å². The molecule has 2 nitrogen and oxygen atoms in total. The molecule has 1 saturated heterocycles.